The predicted octanol–water partition coefficient (Wildman–Crippen LogP) is 5.12. The van der Waals surface area contributed by atoms with Crippen molar-refractivity contribution in [1.29, 1.82) is 0 Å². The van der Waals surface area contributed by atoms with Crippen molar-refractivity contribution in [2.24, 2.45) is 0 Å². The molecule has 134 valence electrons. The molecule has 1 amide bonds. The monoisotopic (exact) mass is 411 g/mol. The quantitative estimate of drug-likeness (QED) is 0.611. The van der Waals surface area contributed by atoms with Crippen molar-refractivity contribution < 1.29 is 9.53 Å². The number of ether oxygens (including phenoxy) is 1. The first-order valence-corrected chi connectivity index (χ1v) is 9.39. The Bertz CT molecular complexity index is 906. The average Bonchev–Trinajstić information content (AvgIpc) is 2.61. The first kappa shape index (κ1) is 18.5. The summed E-state index contributed by atoms with van der Waals surface area (Å²) in [5.41, 5.74) is 0.846. The van der Waals surface area contributed by atoms with E-state index in [2.05, 4.69) is 33.4 Å². The van der Waals surface area contributed by atoms with Gasteiger partial charge in [0.15, 0.2) is 6.61 Å². The molecule has 3 rings (SSSR count). The highest BCUT2D eigenvalue weighted by Crippen LogP contribution is 2.32. The van der Waals surface area contributed by atoms with Crippen LogP contribution < -0.4 is 10.1 Å². The van der Waals surface area contributed by atoms with Crippen LogP contribution in [0.5, 0.6) is 5.75 Å². The zero-order chi connectivity index (χ0) is 18.6. The van der Waals surface area contributed by atoms with E-state index in [9.17, 15) is 4.79 Å². The minimum atomic E-state index is -0.345. The van der Waals surface area contributed by atoms with E-state index in [0.29, 0.717) is 5.75 Å². The van der Waals surface area contributed by atoms with Gasteiger partial charge in [-0.3, -0.25) is 4.79 Å². The van der Waals surface area contributed by atoms with E-state index in [0.717, 1.165) is 21.7 Å². The van der Waals surface area contributed by atoms with Gasteiger partial charge >= 0.3 is 0 Å². The van der Waals surface area contributed by atoms with Gasteiger partial charge in [-0.15, -0.1) is 0 Å². The van der Waals surface area contributed by atoms with Gasteiger partial charge in [-0.1, -0.05) is 60.7 Å². The summed E-state index contributed by atoms with van der Waals surface area (Å²) in [4.78, 5) is 12.3. The molecule has 0 fully saturated rings. The van der Waals surface area contributed by atoms with E-state index in [1.807, 2.05) is 68.4 Å². The molecule has 0 heterocycles. The van der Waals surface area contributed by atoms with Gasteiger partial charge < -0.3 is 10.1 Å². The number of fused-ring (bicyclic) bond motifs is 1. The molecule has 4 heteroatoms. The third-order valence-electron chi connectivity index (χ3n) is 4.15. The van der Waals surface area contributed by atoms with Crippen molar-refractivity contribution in [3.8, 4) is 5.75 Å². The summed E-state index contributed by atoms with van der Waals surface area (Å²) in [5.74, 6) is 0.533. The van der Waals surface area contributed by atoms with Gasteiger partial charge in [0, 0.05) is 5.54 Å². The number of nitrogens with one attached hydrogen (secondary N) is 1. The third kappa shape index (κ3) is 4.64. The largest absolute Gasteiger partial charge is 0.483 e. The number of halogens is 1. The van der Waals surface area contributed by atoms with Gasteiger partial charge in [0.05, 0.1) is 4.47 Å². The van der Waals surface area contributed by atoms with E-state index >= 15 is 0 Å². The van der Waals surface area contributed by atoms with Gasteiger partial charge in [-0.2, -0.15) is 0 Å². The van der Waals surface area contributed by atoms with Crippen LogP contribution in [0.2, 0.25) is 0 Å². The Kier molecular flexibility index (Phi) is 5.62. The maximum Gasteiger partial charge on any atom is 0.258 e. The summed E-state index contributed by atoms with van der Waals surface area (Å²) in [6, 6.07) is 22.1. The summed E-state index contributed by atoms with van der Waals surface area (Å²) in [6.07, 6.45) is 0.763. The van der Waals surface area contributed by atoms with E-state index in [1.54, 1.807) is 0 Å². The molecule has 0 radical (unpaired) electrons. The number of hydrogen-bond acceptors (Lipinski definition) is 2. The fraction of sp³-hybridized carbons (Fsp3) is 0.227. The Morgan fingerprint density at radius 3 is 2.46 bits per heavy atom. The summed E-state index contributed by atoms with van der Waals surface area (Å²) in [7, 11) is 0. The number of hydrogen-bond donors (Lipinski definition) is 1. The lowest BCUT2D eigenvalue weighted by molar-refractivity contribution is -0.124. The molecule has 3 aromatic carbocycles. The van der Waals surface area contributed by atoms with Crippen molar-refractivity contribution in [2.75, 3.05) is 6.61 Å². The van der Waals surface area contributed by atoms with Crippen molar-refractivity contribution in [3.05, 3.63) is 76.8 Å². The second-order valence-electron chi connectivity index (χ2n) is 6.98. The van der Waals surface area contributed by atoms with Crippen molar-refractivity contribution in [2.45, 2.75) is 25.8 Å². The molecule has 0 atom stereocenters. The van der Waals surface area contributed by atoms with Crippen LogP contribution in [0.25, 0.3) is 10.8 Å². The highest BCUT2D eigenvalue weighted by molar-refractivity contribution is 9.10. The van der Waals surface area contributed by atoms with Crippen LogP contribution in [-0.2, 0) is 11.2 Å². The van der Waals surface area contributed by atoms with Gasteiger partial charge in [-0.05, 0) is 58.6 Å². The van der Waals surface area contributed by atoms with Gasteiger partial charge in [0.2, 0.25) is 0 Å². The van der Waals surface area contributed by atoms with Crippen LogP contribution in [0.4, 0.5) is 0 Å². The smallest absolute Gasteiger partial charge is 0.258 e. The van der Waals surface area contributed by atoms with Crippen LogP contribution in [-0.4, -0.2) is 18.1 Å². The minimum absolute atomic E-state index is 0.0187. The lowest BCUT2D eigenvalue weighted by Gasteiger charge is -2.26. The Labute approximate surface area is 162 Å². The zero-order valence-electron chi connectivity index (χ0n) is 15.0. The molecule has 0 aromatic heterocycles. The molecule has 0 unspecified atom stereocenters. The van der Waals surface area contributed by atoms with Crippen molar-refractivity contribution in [1.82, 2.24) is 5.32 Å². The molecular formula is C22H22BrNO2. The summed E-state index contributed by atoms with van der Waals surface area (Å²) in [6.45, 7) is 4.02. The molecule has 0 aliphatic heterocycles. The molecule has 0 saturated heterocycles. The predicted molar refractivity (Wildman–Crippen MR) is 110 cm³/mol. The normalized spacial score (nSPS) is 11.3. The summed E-state index contributed by atoms with van der Waals surface area (Å²) >= 11 is 3.58. The van der Waals surface area contributed by atoms with Crippen LogP contribution in [0, 0.1) is 0 Å². The third-order valence-corrected chi connectivity index (χ3v) is 4.97. The topological polar surface area (TPSA) is 38.3 Å². The maximum absolute atomic E-state index is 12.3. The maximum atomic E-state index is 12.3. The number of benzene rings is 3. The highest BCUT2D eigenvalue weighted by atomic mass is 79.9. The van der Waals surface area contributed by atoms with Gasteiger partial charge in [-0.25, -0.2) is 0 Å². The Morgan fingerprint density at radius 2 is 1.69 bits per heavy atom. The second-order valence-corrected chi connectivity index (χ2v) is 7.77. The fourth-order valence-corrected chi connectivity index (χ4v) is 3.64. The Hall–Kier alpha value is -2.33. The van der Waals surface area contributed by atoms with Crippen molar-refractivity contribution >= 4 is 32.6 Å². The molecule has 26 heavy (non-hydrogen) atoms. The van der Waals surface area contributed by atoms with E-state index in [1.165, 1.54) is 5.56 Å². The molecule has 0 aliphatic carbocycles. The first-order valence-electron chi connectivity index (χ1n) is 8.60. The SMILES string of the molecule is CC(C)(Cc1ccccc1)NC(=O)COc1ccc2ccccc2c1Br. The minimum Gasteiger partial charge on any atom is -0.483 e. The Morgan fingerprint density at radius 1 is 1.00 bits per heavy atom. The first-order chi connectivity index (χ1) is 12.4. The van der Waals surface area contributed by atoms with Crippen LogP contribution in [0.1, 0.15) is 19.4 Å². The number of amides is 1. The molecule has 1 N–H and O–H groups in total. The average molecular weight is 412 g/mol. The molecule has 0 bridgehead atoms. The number of carbonyl (C=O) groups excluding carboxylic acids is 1. The lowest BCUT2D eigenvalue weighted by Crippen LogP contribution is -2.47. The van der Waals surface area contributed by atoms with Crippen LogP contribution >= 0.6 is 15.9 Å². The summed E-state index contributed by atoms with van der Waals surface area (Å²) in [5, 5.41) is 5.24. The zero-order valence-corrected chi connectivity index (χ0v) is 16.5. The Balaban J connectivity index is 1.61. The highest BCUT2D eigenvalue weighted by Gasteiger charge is 2.21. The van der Waals surface area contributed by atoms with E-state index in [-0.39, 0.29) is 18.1 Å². The molecule has 3 aromatic rings. The number of rotatable bonds is 6. The van der Waals surface area contributed by atoms with E-state index < -0.39 is 0 Å². The van der Waals surface area contributed by atoms with Crippen LogP contribution in [0.15, 0.2) is 71.2 Å². The van der Waals surface area contributed by atoms with Crippen LogP contribution in [0.3, 0.4) is 0 Å². The lowest BCUT2D eigenvalue weighted by atomic mass is 9.95. The summed E-state index contributed by atoms with van der Waals surface area (Å²) < 4.78 is 6.61. The van der Waals surface area contributed by atoms with Gasteiger partial charge in [0.25, 0.3) is 5.91 Å². The number of carbonyl (C=O) groups is 1. The molecule has 3 nitrogen and oxygen atoms in total. The molecular weight excluding hydrogens is 390 g/mol. The molecule has 0 aliphatic rings. The van der Waals surface area contributed by atoms with Gasteiger partial charge in [0.1, 0.15) is 5.75 Å². The molecule has 0 spiro atoms. The van der Waals surface area contributed by atoms with E-state index in [4.69, 9.17) is 4.74 Å². The fourth-order valence-electron chi connectivity index (χ4n) is 3.03. The second kappa shape index (κ2) is 7.92. The van der Waals surface area contributed by atoms with Crippen molar-refractivity contribution in [3.63, 3.8) is 0 Å². The standard InChI is InChI=1S/C22H22BrNO2/c1-22(2,14-16-8-4-3-5-9-16)24-20(25)15-26-19-13-12-17-10-6-7-11-18(17)21(19)23/h3-13H,14-15H2,1-2H3,(H,24,25). The molecule has 0 saturated carbocycles.